The lowest BCUT2D eigenvalue weighted by Gasteiger charge is -2.24. The summed E-state index contributed by atoms with van der Waals surface area (Å²) in [6, 6.07) is 10.2. The molecule has 0 unspecified atom stereocenters. The van der Waals surface area contributed by atoms with Gasteiger partial charge in [0.2, 0.25) is 0 Å². The minimum absolute atomic E-state index is 0.103. The van der Waals surface area contributed by atoms with Gasteiger partial charge in [-0.2, -0.15) is 0 Å². The third-order valence-electron chi connectivity index (χ3n) is 5.50. The number of methoxy groups -OCH3 is 2. The topological polar surface area (TPSA) is 72.9 Å². The number of carbonyl (C=O) groups is 1. The monoisotopic (exact) mass is 521 g/mol. The Morgan fingerprint density at radius 3 is 2.50 bits per heavy atom. The number of hydrogen-bond acceptors (Lipinski definition) is 6. The molecule has 0 atom stereocenters. The number of ether oxygens (including phenoxy) is 2. The highest BCUT2D eigenvalue weighted by atomic mass is 79.9. The molecular formula is C24H28BrNO5S. The first kappa shape index (κ1) is 24.5. The van der Waals surface area contributed by atoms with E-state index in [1.807, 2.05) is 18.2 Å². The number of hydrogen-bond donors (Lipinski definition) is 0. The fraction of sp³-hybridized carbons (Fsp3) is 0.375. The molecule has 0 N–H and O–H groups in total. The smallest absolute Gasteiger partial charge is 0.342 e. The Hall–Kier alpha value is -2.16. The quantitative estimate of drug-likeness (QED) is 0.468. The van der Waals surface area contributed by atoms with E-state index in [9.17, 15) is 13.2 Å². The molecular weight excluding hydrogens is 494 g/mol. The highest BCUT2D eigenvalue weighted by molar-refractivity contribution is 9.10. The van der Waals surface area contributed by atoms with Gasteiger partial charge in [0.1, 0.15) is 11.3 Å². The average Bonchev–Trinajstić information content (AvgIpc) is 2.80. The first-order chi connectivity index (χ1) is 15.4. The van der Waals surface area contributed by atoms with Crippen LogP contribution in [0.2, 0.25) is 0 Å². The average molecular weight is 522 g/mol. The van der Waals surface area contributed by atoms with Gasteiger partial charge in [0.25, 0.3) is 0 Å². The Bertz CT molecular complexity index is 1090. The van der Waals surface area contributed by atoms with Crippen molar-refractivity contribution in [3.05, 3.63) is 63.6 Å². The summed E-state index contributed by atoms with van der Waals surface area (Å²) in [5, 5.41) is 0. The molecule has 1 saturated heterocycles. The second-order valence-electron chi connectivity index (χ2n) is 7.67. The van der Waals surface area contributed by atoms with Crippen LogP contribution in [-0.2, 0) is 20.3 Å². The summed E-state index contributed by atoms with van der Waals surface area (Å²) in [6.07, 6.45) is 7.57. The van der Waals surface area contributed by atoms with Gasteiger partial charge in [-0.25, -0.2) is 13.2 Å². The summed E-state index contributed by atoms with van der Waals surface area (Å²) in [6.45, 7) is 2.95. The zero-order valence-electron chi connectivity index (χ0n) is 18.3. The molecule has 1 aliphatic heterocycles. The van der Waals surface area contributed by atoms with Crippen molar-refractivity contribution in [1.29, 1.82) is 0 Å². The van der Waals surface area contributed by atoms with Crippen LogP contribution < -0.4 is 4.74 Å². The highest BCUT2D eigenvalue weighted by Crippen LogP contribution is 2.34. The molecule has 2 aromatic carbocycles. The molecule has 0 spiro atoms. The van der Waals surface area contributed by atoms with Crippen molar-refractivity contribution in [2.24, 2.45) is 0 Å². The lowest BCUT2D eigenvalue weighted by atomic mass is 10.1. The molecule has 32 heavy (non-hydrogen) atoms. The molecule has 0 amide bonds. The SMILES string of the molecule is COC(=O)c1c(CS(=O)(=O)c2ccccc2C=CCN2CCCCC2)ccc(Br)c1OC. The van der Waals surface area contributed by atoms with E-state index < -0.39 is 15.8 Å². The van der Waals surface area contributed by atoms with E-state index in [4.69, 9.17) is 9.47 Å². The molecule has 0 aromatic heterocycles. The van der Waals surface area contributed by atoms with E-state index in [1.165, 1.54) is 33.5 Å². The summed E-state index contributed by atoms with van der Waals surface area (Å²) in [4.78, 5) is 15.0. The first-order valence-electron chi connectivity index (χ1n) is 10.5. The van der Waals surface area contributed by atoms with Gasteiger partial charge >= 0.3 is 5.97 Å². The molecule has 0 bridgehead atoms. The normalized spacial score (nSPS) is 15.1. The molecule has 0 radical (unpaired) electrons. The van der Waals surface area contributed by atoms with E-state index in [0.717, 1.165) is 19.6 Å². The van der Waals surface area contributed by atoms with Crippen LogP contribution in [0.5, 0.6) is 5.75 Å². The zero-order valence-corrected chi connectivity index (χ0v) is 20.7. The Morgan fingerprint density at radius 1 is 1.09 bits per heavy atom. The zero-order chi connectivity index (χ0) is 23.1. The van der Waals surface area contributed by atoms with E-state index in [2.05, 4.69) is 20.8 Å². The van der Waals surface area contributed by atoms with Crippen LogP contribution in [0.15, 0.2) is 51.8 Å². The van der Waals surface area contributed by atoms with Crippen LogP contribution in [0, 0.1) is 0 Å². The number of piperidine rings is 1. The van der Waals surface area contributed by atoms with Crippen LogP contribution >= 0.6 is 15.9 Å². The Labute approximate surface area is 198 Å². The third-order valence-corrected chi connectivity index (χ3v) is 7.86. The molecule has 172 valence electrons. The molecule has 1 heterocycles. The molecule has 3 rings (SSSR count). The Balaban J connectivity index is 1.90. The summed E-state index contributed by atoms with van der Waals surface area (Å²) in [5.41, 5.74) is 1.06. The number of halogens is 1. The molecule has 1 fully saturated rings. The molecule has 6 nitrogen and oxygen atoms in total. The molecule has 1 aliphatic rings. The number of esters is 1. The highest BCUT2D eigenvalue weighted by Gasteiger charge is 2.26. The van der Waals surface area contributed by atoms with Crippen molar-refractivity contribution in [3.63, 3.8) is 0 Å². The predicted molar refractivity (Wildman–Crippen MR) is 129 cm³/mol. The van der Waals surface area contributed by atoms with Crippen LogP contribution in [0.1, 0.15) is 40.7 Å². The van der Waals surface area contributed by atoms with Gasteiger partial charge in [-0.05, 0) is 65.1 Å². The second kappa shape index (κ2) is 11.1. The van der Waals surface area contributed by atoms with Crippen LogP contribution in [0.25, 0.3) is 6.08 Å². The van der Waals surface area contributed by atoms with E-state index in [0.29, 0.717) is 15.6 Å². The summed E-state index contributed by atoms with van der Waals surface area (Å²) in [7, 11) is -1.07. The number of rotatable bonds is 8. The van der Waals surface area contributed by atoms with Gasteiger partial charge in [-0.1, -0.05) is 42.8 Å². The Morgan fingerprint density at radius 2 is 1.81 bits per heavy atom. The standard InChI is InChI=1S/C24H28BrNO5S/c1-30-23-20(25)13-12-19(22(23)24(27)31-2)17-32(28,29)21-11-5-4-9-18(21)10-8-16-26-14-6-3-7-15-26/h4-5,8-13H,3,6-7,14-17H2,1-2H3. The van der Waals surface area contributed by atoms with Gasteiger partial charge < -0.3 is 9.47 Å². The molecule has 8 heteroatoms. The summed E-state index contributed by atoms with van der Waals surface area (Å²) >= 11 is 3.34. The molecule has 0 aliphatic carbocycles. The van der Waals surface area contributed by atoms with Crippen molar-refractivity contribution in [2.45, 2.75) is 29.9 Å². The number of likely N-dealkylation sites (tertiary alicyclic amines) is 1. The van der Waals surface area contributed by atoms with Crippen LogP contribution in [-0.4, -0.2) is 53.1 Å². The van der Waals surface area contributed by atoms with Gasteiger partial charge in [0.15, 0.2) is 9.84 Å². The van der Waals surface area contributed by atoms with Crippen LogP contribution in [0.4, 0.5) is 0 Å². The van der Waals surface area contributed by atoms with Crippen molar-refractivity contribution >= 4 is 37.8 Å². The lowest BCUT2D eigenvalue weighted by Crippen LogP contribution is -2.29. The van der Waals surface area contributed by atoms with Crippen molar-refractivity contribution in [1.82, 2.24) is 4.90 Å². The summed E-state index contributed by atoms with van der Waals surface area (Å²) in [5.74, 6) is -0.750. The predicted octanol–water partition coefficient (Wildman–Crippen LogP) is 4.72. The maximum atomic E-state index is 13.4. The summed E-state index contributed by atoms with van der Waals surface area (Å²) < 4.78 is 37.5. The van der Waals surface area contributed by atoms with E-state index >= 15 is 0 Å². The van der Waals surface area contributed by atoms with Crippen molar-refractivity contribution in [3.8, 4) is 5.75 Å². The minimum atomic E-state index is -3.74. The number of sulfone groups is 1. The first-order valence-corrected chi connectivity index (χ1v) is 13.0. The van der Waals surface area contributed by atoms with Gasteiger partial charge in [0, 0.05) is 6.54 Å². The number of carbonyl (C=O) groups excluding carboxylic acids is 1. The lowest BCUT2D eigenvalue weighted by molar-refractivity contribution is 0.0596. The number of nitrogens with zero attached hydrogens (tertiary/aromatic N) is 1. The third kappa shape index (κ3) is 5.79. The van der Waals surface area contributed by atoms with E-state index in [-0.39, 0.29) is 22.0 Å². The van der Waals surface area contributed by atoms with Gasteiger partial charge in [-0.15, -0.1) is 0 Å². The minimum Gasteiger partial charge on any atom is -0.495 e. The van der Waals surface area contributed by atoms with Crippen LogP contribution in [0.3, 0.4) is 0 Å². The maximum absolute atomic E-state index is 13.4. The van der Waals surface area contributed by atoms with Crippen molar-refractivity contribution in [2.75, 3.05) is 33.9 Å². The Kier molecular flexibility index (Phi) is 8.51. The largest absolute Gasteiger partial charge is 0.495 e. The fourth-order valence-electron chi connectivity index (χ4n) is 3.90. The van der Waals surface area contributed by atoms with Crippen molar-refractivity contribution < 1.29 is 22.7 Å². The van der Waals surface area contributed by atoms with E-state index in [1.54, 1.807) is 30.3 Å². The number of benzene rings is 2. The fourth-order valence-corrected chi connectivity index (χ4v) is 5.98. The van der Waals surface area contributed by atoms with Gasteiger partial charge in [0.05, 0.1) is 29.3 Å². The maximum Gasteiger partial charge on any atom is 0.342 e. The molecule has 2 aromatic rings. The van der Waals surface area contributed by atoms with Gasteiger partial charge in [-0.3, -0.25) is 4.90 Å². The molecule has 0 saturated carbocycles. The second-order valence-corrected chi connectivity index (χ2v) is 10.5.